The van der Waals surface area contributed by atoms with Crippen LogP contribution in [-0.2, 0) is 0 Å². The van der Waals surface area contributed by atoms with Gasteiger partial charge in [0.05, 0.1) is 16.9 Å². The third-order valence-corrected chi connectivity index (χ3v) is 3.14. The van der Waals surface area contributed by atoms with Gasteiger partial charge in [0.1, 0.15) is 0 Å². The van der Waals surface area contributed by atoms with Gasteiger partial charge < -0.3 is 5.11 Å². The Balaban J connectivity index is 2.52. The molecule has 7 nitrogen and oxygen atoms in total. The second-order valence-corrected chi connectivity index (χ2v) is 4.61. The van der Waals surface area contributed by atoms with Crippen LogP contribution in [0.4, 0.5) is 5.69 Å². The summed E-state index contributed by atoms with van der Waals surface area (Å²) < 4.78 is 1.60. The van der Waals surface area contributed by atoms with Gasteiger partial charge in [-0.1, -0.05) is 11.8 Å². The summed E-state index contributed by atoms with van der Waals surface area (Å²) >= 11 is 1.21. The number of nitrogens with one attached hydrogen (secondary N) is 1. The predicted octanol–water partition coefficient (Wildman–Crippen LogP) is 1.99. The first-order valence-electron chi connectivity index (χ1n) is 5.81. The maximum Gasteiger partial charge on any atom is 0.337 e. The Kier molecular flexibility index (Phi) is 4.58. The van der Waals surface area contributed by atoms with Crippen LogP contribution in [-0.4, -0.2) is 32.3 Å². The van der Waals surface area contributed by atoms with E-state index in [0.29, 0.717) is 10.9 Å². The number of nitriles is 1. The molecule has 2 N–H and O–H groups in total. The second kappa shape index (κ2) is 6.58. The van der Waals surface area contributed by atoms with Gasteiger partial charge in [0.25, 0.3) is 0 Å². The number of hydrogen-bond donors (Lipinski definition) is 2. The zero-order valence-corrected chi connectivity index (χ0v) is 11.8. The van der Waals surface area contributed by atoms with Crippen LogP contribution < -0.4 is 5.32 Å². The third-order valence-electron chi connectivity index (χ3n) is 2.56. The molecule has 1 heterocycles. The second-order valence-electron chi connectivity index (χ2n) is 3.82. The van der Waals surface area contributed by atoms with Crippen LogP contribution in [0.3, 0.4) is 0 Å². The maximum absolute atomic E-state index is 11.3. The summed E-state index contributed by atoms with van der Waals surface area (Å²) in [6.45, 7) is 0. The zero-order valence-electron chi connectivity index (χ0n) is 11.0. The van der Waals surface area contributed by atoms with Crippen molar-refractivity contribution in [2.75, 3.05) is 6.26 Å². The molecule has 0 aliphatic heterocycles. The van der Waals surface area contributed by atoms with Gasteiger partial charge in [-0.05, 0) is 30.5 Å². The average molecular weight is 301 g/mol. The molecule has 8 heteroatoms. The third kappa shape index (κ3) is 3.40. The maximum atomic E-state index is 11.3. The van der Waals surface area contributed by atoms with Crippen molar-refractivity contribution in [1.29, 1.82) is 5.26 Å². The van der Waals surface area contributed by atoms with E-state index in [9.17, 15) is 9.90 Å². The molecule has 1 aromatic carbocycles. The minimum Gasteiger partial charge on any atom is -0.478 e. The van der Waals surface area contributed by atoms with Crippen LogP contribution in [0.1, 0.15) is 10.4 Å². The highest BCUT2D eigenvalue weighted by molar-refractivity contribution is 8.13. The molecule has 0 unspecified atom stereocenters. The van der Waals surface area contributed by atoms with Crippen LogP contribution in [0.15, 0.2) is 41.7 Å². The quantitative estimate of drug-likeness (QED) is 0.389. The molecule has 0 amide bonds. The van der Waals surface area contributed by atoms with E-state index in [-0.39, 0.29) is 11.3 Å². The van der Waals surface area contributed by atoms with Crippen molar-refractivity contribution in [2.24, 2.45) is 4.99 Å². The Morgan fingerprint density at radius 3 is 2.95 bits per heavy atom. The summed E-state index contributed by atoms with van der Waals surface area (Å²) in [4.78, 5) is 15.4. The highest BCUT2D eigenvalue weighted by Crippen LogP contribution is 2.24. The van der Waals surface area contributed by atoms with Crippen LogP contribution >= 0.6 is 11.8 Å². The minimum absolute atomic E-state index is 0.0530. The highest BCUT2D eigenvalue weighted by atomic mass is 32.2. The monoisotopic (exact) mass is 301 g/mol. The molecule has 0 saturated carbocycles. The SMILES string of the molecule is CSC(=Nc1cc(-n2cccn2)ccc1C(=O)O)NC#N. The van der Waals surface area contributed by atoms with Gasteiger partial charge in [-0.15, -0.1) is 0 Å². The van der Waals surface area contributed by atoms with E-state index in [2.05, 4.69) is 15.4 Å². The molecule has 21 heavy (non-hydrogen) atoms. The first-order chi connectivity index (χ1) is 10.2. The smallest absolute Gasteiger partial charge is 0.337 e. The number of aromatic nitrogens is 2. The normalized spacial score (nSPS) is 11.0. The van der Waals surface area contributed by atoms with Gasteiger partial charge in [-0.25, -0.2) is 14.5 Å². The van der Waals surface area contributed by atoms with Gasteiger partial charge in [-0.2, -0.15) is 10.4 Å². The molecular weight excluding hydrogens is 290 g/mol. The molecule has 0 bridgehead atoms. The highest BCUT2D eigenvalue weighted by Gasteiger charge is 2.12. The van der Waals surface area contributed by atoms with E-state index < -0.39 is 5.97 Å². The molecule has 2 rings (SSSR count). The van der Waals surface area contributed by atoms with E-state index in [1.165, 1.54) is 17.8 Å². The fourth-order valence-electron chi connectivity index (χ4n) is 1.64. The van der Waals surface area contributed by atoms with Crippen LogP contribution in [0, 0.1) is 11.5 Å². The number of amidine groups is 1. The zero-order chi connectivity index (χ0) is 15.2. The molecular formula is C13H11N5O2S. The average Bonchev–Trinajstić information content (AvgIpc) is 3.00. The van der Waals surface area contributed by atoms with Crippen molar-refractivity contribution in [3.63, 3.8) is 0 Å². The number of rotatable bonds is 3. The summed E-state index contributed by atoms with van der Waals surface area (Å²) in [5.41, 5.74) is 0.987. The lowest BCUT2D eigenvalue weighted by Gasteiger charge is -2.07. The van der Waals surface area contributed by atoms with Crippen molar-refractivity contribution in [2.45, 2.75) is 0 Å². The Bertz CT molecular complexity index is 719. The number of nitrogens with zero attached hydrogens (tertiary/aromatic N) is 4. The largest absolute Gasteiger partial charge is 0.478 e. The van der Waals surface area contributed by atoms with Crippen molar-refractivity contribution in [3.8, 4) is 11.9 Å². The van der Waals surface area contributed by atoms with Gasteiger partial charge in [-0.3, -0.25) is 5.32 Å². The van der Waals surface area contributed by atoms with E-state index >= 15 is 0 Å². The fraction of sp³-hybridized carbons (Fsp3) is 0.0769. The number of carboxylic acids is 1. The van der Waals surface area contributed by atoms with Crippen LogP contribution in [0.25, 0.3) is 5.69 Å². The summed E-state index contributed by atoms with van der Waals surface area (Å²) in [6.07, 6.45) is 6.87. The Morgan fingerprint density at radius 1 is 1.57 bits per heavy atom. The lowest BCUT2D eigenvalue weighted by atomic mass is 10.1. The summed E-state index contributed by atoms with van der Waals surface area (Å²) in [7, 11) is 0. The fourth-order valence-corrected chi connectivity index (χ4v) is 1.98. The number of aromatic carboxylic acids is 1. The Morgan fingerprint density at radius 2 is 2.38 bits per heavy atom. The standard InChI is InChI=1S/C13H11N5O2S/c1-21-13(15-8-14)17-11-7-9(18-6-2-5-16-18)3-4-10(11)12(19)20/h2-7H,1H3,(H,15,17)(H,19,20). The molecule has 0 radical (unpaired) electrons. The summed E-state index contributed by atoms with van der Waals surface area (Å²) in [5.74, 6) is -1.09. The first-order valence-corrected chi connectivity index (χ1v) is 7.03. The Hall–Kier alpha value is -2.79. The van der Waals surface area contributed by atoms with Crippen molar-refractivity contribution < 1.29 is 9.90 Å². The summed E-state index contributed by atoms with van der Waals surface area (Å²) in [5, 5.41) is 24.7. The molecule has 106 valence electrons. The topological polar surface area (TPSA) is 103 Å². The number of carbonyl (C=O) groups is 1. The van der Waals surface area contributed by atoms with Crippen molar-refractivity contribution >= 4 is 28.6 Å². The van der Waals surface area contributed by atoms with E-state index in [1.54, 1.807) is 47.7 Å². The first kappa shape index (κ1) is 14.6. The molecule has 0 atom stereocenters. The van der Waals surface area contributed by atoms with E-state index in [4.69, 9.17) is 5.26 Å². The molecule has 0 aliphatic rings. The van der Waals surface area contributed by atoms with Crippen LogP contribution in [0.5, 0.6) is 0 Å². The number of benzene rings is 1. The molecule has 1 aromatic heterocycles. The lowest BCUT2D eigenvalue weighted by molar-refractivity contribution is 0.0698. The van der Waals surface area contributed by atoms with Crippen molar-refractivity contribution in [1.82, 2.24) is 15.1 Å². The molecule has 0 saturated heterocycles. The summed E-state index contributed by atoms with van der Waals surface area (Å²) in [6, 6.07) is 6.47. The van der Waals surface area contributed by atoms with Gasteiger partial charge in [0, 0.05) is 12.4 Å². The molecule has 0 spiro atoms. The Labute approximate surface area is 124 Å². The van der Waals surface area contributed by atoms with Gasteiger partial charge >= 0.3 is 5.97 Å². The van der Waals surface area contributed by atoms with Gasteiger partial charge in [0.15, 0.2) is 11.4 Å². The predicted molar refractivity (Wildman–Crippen MR) is 79.9 cm³/mol. The number of carboxylic acid groups (broad SMARTS) is 1. The molecule has 0 fully saturated rings. The number of aliphatic imine (C=N–C) groups is 1. The van der Waals surface area contributed by atoms with Crippen molar-refractivity contribution in [3.05, 3.63) is 42.2 Å². The molecule has 0 aliphatic carbocycles. The molecule has 2 aromatic rings. The van der Waals surface area contributed by atoms with Crippen LogP contribution in [0.2, 0.25) is 0 Å². The van der Waals surface area contributed by atoms with E-state index in [0.717, 1.165) is 0 Å². The van der Waals surface area contributed by atoms with Gasteiger partial charge in [0.2, 0.25) is 0 Å². The minimum atomic E-state index is -1.09. The number of hydrogen-bond acceptors (Lipinski definition) is 5. The number of thioether (sulfide) groups is 1. The van der Waals surface area contributed by atoms with E-state index in [1.807, 2.05) is 0 Å². The lowest BCUT2D eigenvalue weighted by Crippen LogP contribution is -2.13.